The topological polar surface area (TPSA) is 58.6 Å². The Morgan fingerprint density at radius 1 is 1.12 bits per heavy atom. The van der Waals surface area contributed by atoms with Gasteiger partial charge in [0, 0.05) is 12.2 Å². The second-order valence-corrected chi connectivity index (χ2v) is 11.0. The second kappa shape index (κ2) is 10.7. The molecule has 1 aliphatic heterocycles. The van der Waals surface area contributed by atoms with Crippen molar-refractivity contribution in [2.75, 3.05) is 31.5 Å². The van der Waals surface area contributed by atoms with Crippen LogP contribution in [0.25, 0.3) is 0 Å². The normalized spacial score (nSPS) is 21.9. The number of anilines is 1. The lowest BCUT2D eigenvalue weighted by Gasteiger charge is -2.45. The van der Waals surface area contributed by atoms with Crippen molar-refractivity contribution >= 4 is 15.7 Å². The molecule has 0 radical (unpaired) electrons. The molecule has 1 aliphatic rings. The van der Waals surface area contributed by atoms with Gasteiger partial charge in [0.15, 0.2) is 0 Å². The van der Waals surface area contributed by atoms with Crippen LogP contribution in [-0.4, -0.2) is 40.1 Å². The molecule has 2 atom stereocenters. The fourth-order valence-electron chi connectivity index (χ4n) is 4.62. The number of hydrogen-bond donors (Lipinski definition) is 1. The first-order chi connectivity index (χ1) is 15.3. The van der Waals surface area contributed by atoms with Gasteiger partial charge in [-0.25, -0.2) is 8.42 Å². The zero-order valence-corrected chi connectivity index (χ0v) is 20.7. The summed E-state index contributed by atoms with van der Waals surface area (Å²) >= 11 is 0. The molecule has 0 unspecified atom stereocenters. The Balaban J connectivity index is 1.69. The predicted octanol–water partition coefficient (Wildman–Crippen LogP) is 5.68. The SMILES string of the molecule is CCCCCCN1CC[C@](C)(c2cccc(NS(=O)(=O)c3ccc(OC)cc3)c2)[C@@H](C)C1. The zero-order valence-electron chi connectivity index (χ0n) is 19.9. The minimum absolute atomic E-state index is 0.0292. The summed E-state index contributed by atoms with van der Waals surface area (Å²) in [5.74, 6) is 1.13. The van der Waals surface area contributed by atoms with E-state index in [1.807, 2.05) is 18.2 Å². The Morgan fingerprint density at radius 3 is 2.53 bits per heavy atom. The standard InChI is InChI=1S/C26H38N2O3S/c1-5-6-7-8-17-28-18-16-26(3,21(2)20-28)22-10-9-11-23(19-22)27-32(29,30)25-14-12-24(31-4)13-15-25/h9-15,19,21,27H,5-8,16-18,20H2,1-4H3/t21-,26-/m0/s1. The fourth-order valence-corrected chi connectivity index (χ4v) is 5.67. The maximum Gasteiger partial charge on any atom is 0.261 e. The molecule has 1 saturated heterocycles. The first-order valence-corrected chi connectivity index (χ1v) is 13.3. The highest BCUT2D eigenvalue weighted by Crippen LogP contribution is 2.40. The number of unbranched alkanes of at least 4 members (excludes halogenated alkanes) is 3. The molecule has 1 N–H and O–H groups in total. The van der Waals surface area contributed by atoms with E-state index >= 15 is 0 Å². The lowest BCUT2D eigenvalue weighted by molar-refractivity contribution is 0.109. The first kappa shape index (κ1) is 24.6. The van der Waals surface area contributed by atoms with Gasteiger partial charge in [-0.15, -0.1) is 0 Å². The van der Waals surface area contributed by atoms with Crippen molar-refractivity contribution in [2.24, 2.45) is 5.92 Å². The van der Waals surface area contributed by atoms with E-state index in [4.69, 9.17) is 4.74 Å². The van der Waals surface area contributed by atoms with Gasteiger partial charge in [-0.2, -0.15) is 0 Å². The van der Waals surface area contributed by atoms with Gasteiger partial charge in [0.2, 0.25) is 0 Å². The van der Waals surface area contributed by atoms with Crippen molar-refractivity contribution in [2.45, 2.75) is 63.2 Å². The largest absolute Gasteiger partial charge is 0.497 e. The summed E-state index contributed by atoms with van der Waals surface area (Å²) in [4.78, 5) is 2.82. The molecule has 32 heavy (non-hydrogen) atoms. The van der Waals surface area contributed by atoms with Crippen molar-refractivity contribution in [1.29, 1.82) is 0 Å². The number of sulfonamides is 1. The molecule has 0 amide bonds. The van der Waals surface area contributed by atoms with Crippen molar-refractivity contribution < 1.29 is 13.2 Å². The van der Waals surface area contributed by atoms with E-state index in [-0.39, 0.29) is 10.3 Å². The van der Waals surface area contributed by atoms with Crippen LogP contribution in [0.4, 0.5) is 5.69 Å². The van der Waals surface area contributed by atoms with Gasteiger partial charge < -0.3 is 9.64 Å². The summed E-state index contributed by atoms with van der Waals surface area (Å²) in [6, 6.07) is 14.4. The third-order valence-electron chi connectivity index (χ3n) is 7.04. The number of methoxy groups -OCH3 is 1. The number of nitrogens with zero attached hydrogens (tertiary/aromatic N) is 1. The number of rotatable bonds is 10. The Morgan fingerprint density at radius 2 is 1.88 bits per heavy atom. The van der Waals surface area contributed by atoms with E-state index in [0.29, 0.717) is 17.4 Å². The van der Waals surface area contributed by atoms with Crippen LogP contribution in [0.2, 0.25) is 0 Å². The van der Waals surface area contributed by atoms with Gasteiger partial charge in [-0.3, -0.25) is 4.72 Å². The molecule has 2 aromatic carbocycles. The molecule has 2 aromatic rings. The van der Waals surface area contributed by atoms with Crippen LogP contribution in [0, 0.1) is 5.92 Å². The van der Waals surface area contributed by atoms with Gasteiger partial charge in [0.25, 0.3) is 10.0 Å². The molecule has 0 aromatic heterocycles. The van der Waals surface area contributed by atoms with Crippen LogP contribution < -0.4 is 9.46 Å². The highest BCUT2D eigenvalue weighted by Gasteiger charge is 2.38. The van der Waals surface area contributed by atoms with Gasteiger partial charge >= 0.3 is 0 Å². The second-order valence-electron chi connectivity index (χ2n) is 9.29. The molecule has 0 saturated carbocycles. The van der Waals surface area contributed by atoms with E-state index in [2.05, 4.69) is 36.5 Å². The van der Waals surface area contributed by atoms with Gasteiger partial charge in [0.05, 0.1) is 12.0 Å². The minimum atomic E-state index is -3.66. The third kappa shape index (κ3) is 5.84. The number of nitrogens with one attached hydrogen (secondary N) is 1. The molecule has 3 rings (SSSR count). The highest BCUT2D eigenvalue weighted by molar-refractivity contribution is 7.92. The monoisotopic (exact) mass is 458 g/mol. The Labute approximate surface area is 194 Å². The van der Waals surface area contributed by atoms with Crippen molar-refractivity contribution in [3.63, 3.8) is 0 Å². The molecular formula is C26H38N2O3S. The first-order valence-electron chi connectivity index (χ1n) is 11.8. The van der Waals surface area contributed by atoms with Crippen molar-refractivity contribution in [3.8, 4) is 5.75 Å². The van der Waals surface area contributed by atoms with Crippen molar-refractivity contribution in [3.05, 3.63) is 54.1 Å². The molecule has 1 heterocycles. The predicted molar refractivity (Wildman–Crippen MR) is 132 cm³/mol. The number of likely N-dealkylation sites (tertiary alicyclic amines) is 1. The summed E-state index contributed by atoms with van der Waals surface area (Å²) in [6.07, 6.45) is 6.26. The number of hydrogen-bond acceptors (Lipinski definition) is 4. The van der Waals surface area contributed by atoms with Crippen LogP contribution >= 0.6 is 0 Å². The van der Waals surface area contributed by atoms with Crippen LogP contribution in [0.15, 0.2) is 53.4 Å². The van der Waals surface area contributed by atoms with E-state index < -0.39 is 10.0 Å². The summed E-state index contributed by atoms with van der Waals surface area (Å²) in [5, 5.41) is 0. The summed E-state index contributed by atoms with van der Waals surface area (Å²) in [5.41, 5.74) is 1.83. The van der Waals surface area contributed by atoms with E-state index in [1.54, 1.807) is 31.4 Å². The Kier molecular flexibility index (Phi) is 8.23. The van der Waals surface area contributed by atoms with Gasteiger partial charge in [-0.05, 0) is 79.2 Å². The number of benzene rings is 2. The molecule has 176 valence electrons. The molecule has 5 nitrogen and oxygen atoms in total. The van der Waals surface area contributed by atoms with E-state index in [1.165, 1.54) is 37.8 Å². The van der Waals surface area contributed by atoms with Crippen LogP contribution in [-0.2, 0) is 15.4 Å². The summed E-state index contributed by atoms with van der Waals surface area (Å²) < 4.78 is 33.6. The average molecular weight is 459 g/mol. The van der Waals surface area contributed by atoms with Crippen LogP contribution in [0.5, 0.6) is 5.75 Å². The summed E-state index contributed by atoms with van der Waals surface area (Å²) in [7, 11) is -2.10. The Bertz CT molecular complexity index is 975. The maximum atomic E-state index is 12.9. The molecule has 6 heteroatoms. The van der Waals surface area contributed by atoms with Crippen LogP contribution in [0.3, 0.4) is 0 Å². The number of piperidine rings is 1. The minimum Gasteiger partial charge on any atom is -0.497 e. The number of ether oxygens (including phenoxy) is 1. The smallest absolute Gasteiger partial charge is 0.261 e. The third-order valence-corrected chi connectivity index (χ3v) is 8.44. The lowest BCUT2D eigenvalue weighted by Crippen LogP contribution is -2.47. The van der Waals surface area contributed by atoms with Gasteiger partial charge in [-0.1, -0.05) is 52.2 Å². The zero-order chi connectivity index (χ0) is 23.2. The highest BCUT2D eigenvalue weighted by atomic mass is 32.2. The van der Waals surface area contributed by atoms with E-state index in [9.17, 15) is 8.42 Å². The fraction of sp³-hybridized carbons (Fsp3) is 0.538. The van der Waals surface area contributed by atoms with Crippen LogP contribution in [0.1, 0.15) is 58.4 Å². The van der Waals surface area contributed by atoms with Crippen molar-refractivity contribution in [1.82, 2.24) is 4.90 Å². The molecule has 0 bridgehead atoms. The average Bonchev–Trinajstić information content (AvgIpc) is 2.79. The lowest BCUT2D eigenvalue weighted by atomic mass is 9.68. The Hall–Kier alpha value is -2.05. The quantitative estimate of drug-likeness (QED) is 0.466. The molecule has 0 spiro atoms. The molecular weight excluding hydrogens is 420 g/mol. The van der Waals surface area contributed by atoms with E-state index in [0.717, 1.165) is 19.5 Å². The van der Waals surface area contributed by atoms with Gasteiger partial charge in [0.1, 0.15) is 5.75 Å². The molecule has 0 aliphatic carbocycles. The maximum absolute atomic E-state index is 12.9. The molecule has 1 fully saturated rings. The summed E-state index contributed by atoms with van der Waals surface area (Å²) in [6.45, 7) is 10.3.